The Kier molecular flexibility index (Phi) is 47.5. The van der Waals surface area contributed by atoms with Gasteiger partial charge in [-0.3, -0.25) is 9.59 Å². The molecule has 1 N–H and O–H groups in total. The van der Waals surface area contributed by atoms with Crippen molar-refractivity contribution in [2.24, 2.45) is 0 Å². The number of nitrogens with zero attached hydrogens (tertiary/aromatic N) is 1. The lowest BCUT2D eigenvalue weighted by Crippen LogP contribution is -2.40. The van der Waals surface area contributed by atoms with Crippen LogP contribution in [0.25, 0.3) is 0 Å². The molecule has 0 fully saturated rings. The van der Waals surface area contributed by atoms with Gasteiger partial charge in [-0.25, -0.2) is 4.79 Å². The van der Waals surface area contributed by atoms with Crippen molar-refractivity contribution in [1.82, 2.24) is 0 Å². The summed E-state index contributed by atoms with van der Waals surface area (Å²) < 4.78 is 22.7. The van der Waals surface area contributed by atoms with Crippen molar-refractivity contribution < 1.29 is 42.9 Å². The third kappa shape index (κ3) is 49.7. The minimum atomic E-state index is -1.50. The molecule has 0 aromatic carbocycles. The van der Waals surface area contributed by atoms with Gasteiger partial charge in [-0.15, -0.1) is 0 Å². The second-order valence-electron chi connectivity index (χ2n) is 20.3. The summed E-state index contributed by atoms with van der Waals surface area (Å²) in [5.74, 6) is -1.99. The van der Waals surface area contributed by atoms with Gasteiger partial charge in [0.05, 0.1) is 34.4 Å². The molecule has 0 amide bonds. The van der Waals surface area contributed by atoms with Crippen LogP contribution in [0.5, 0.6) is 0 Å². The number of ether oxygens (including phenoxy) is 4. The predicted molar refractivity (Wildman–Crippen MR) is 277 cm³/mol. The molecule has 0 aromatic heterocycles. The van der Waals surface area contributed by atoms with E-state index in [4.69, 9.17) is 18.9 Å². The Morgan fingerprint density at radius 1 is 0.455 bits per heavy atom. The van der Waals surface area contributed by atoms with E-state index in [1.165, 1.54) is 193 Å². The molecule has 2 atom stereocenters. The van der Waals surface area contributed by atoms with Gasteiger partial charge in [0.1, 0.15) is 13.2 Å². The Hall–Kier alpha value is -2.23. The number of esters is 2. The highest BCUT2D eigenvalue weighted by molar-refractivity contribution is 5.71. The lowest BCUT2D eigenvalue weighted by molar-refractivity contribution is -0.870. The van der Waals surface area contributed by atoms with Crippen LogP contribution in [-0.4, -0.2) is 87.4 Å². The minimum absolute atomic E-state index is 0.176. The van der Waals surface area contributed by atoms with E-state index in [1.807, 2.05) is 21.1 Å². The molecule has 0 aliphatic heterocycles. The molecule has 0 saturated heterocycles. The minimum Gasteiger partial charge on any atom is -0.477 e. The third-order valence-electron chi connectivity index (χ3n) is 12.5. The molecule has 0 radical (unpaired) electrons. The fourth-order valence-electron chi connectivity index (χ4n) is 8.10. The van der Waals surface area contributed by atoms with Crippen molar-refractivity contribution in [3.63, 3.8) is 0 Å². The smallest absolute Gasteiger partial charge is 0.361 e. The SMILES string of the molecule is CCCCCCC/C=C\C/C=C\CCCCCCCCCCCCCCCCCCCCCCCC(=O)OC(COC(=O)CCCCCCCCCC)COC(OCC[N+](C)(C)C)C(=O)O. The fraction of sp³-hybridized carbons (Fsp3) is 0.877. The Bertz CT molecular complexity index is 1130. The van der Waals surface area contributed by atoms with Crippen molar-refractivity contribution in [1.29, 1.82) is 0 Å². The summed E-state index contributed by atoms with van der Waals surface area (Å²) in [5.41, 5.74) is 0. The van der Waals surface area contributed by atoms with Gasteiger partial charge >= 0.3 is 17.9 Å². The van der Waals surface area contributed by atoms with Crippen LogP contribution in [0.4, 0.5) is 0 Å². The average molecular weight is 935 g/mol. The summed E-state index contributed by atoms with van der Waals surface area (Å²) in [4.78, 5) is 37.1. The molecule has 0 heterocycles. The Morgan fingerprint density at radius 2 is 0.818 bits per heavy atom. The average Bonchev–Trinajstić information content (AvgIpc) is 3.28. The van der Waals surface area contributed by atoms with Crippen LogP contribution in [0.1, 0.15) is 264 Å². The highest BCUT2D eigenvalue weighted by atomic mass is 16.7. The van der Waals surface area contributed by atoms with E-state index in [2.05, 4.69) is 38.2 Å². The Morgan fingerprint density at radius 3 is 1.20 bits per heavy atom. The first kappa shape index (κ1) is 63.8. The molecule has 0 bridgehead atoms. The standard InChI is InChI=1S/C57H107NO8/c1-6-8-10-12-14-16-17-18-19-20-21-22-23-24-25-26-27-28-29-30-31-32-33-34-35-36-37-38-39-40-42-44-46-48-55(60)66-53(52-65-57(56(61)62)63-50-49-58(3,4)5)51-64-54(59)47-45-43-41-15-13-11-9-7-2/h17-18,20-21,53,57H,6-16,19,22-52H2,1-5H3/p+1/b18-17-,21-20-. The number of hydrogen-bond acceptors (Lipinski definition) is 7. The van der Waals surface area contributed by atoms with Crippen molar-refractivity contribution in [3.05, 3.63) is 24.3 Å². The van der Waals surface area contributed by atoms with Crippen LogP contribution in [0, 0.1) is 0 Å². The third-order valence-corrected chi connectivity index (χ3v) is 12.5. The van der Waals surface area contributed by atoms with Crippen molar-refractivity contribution in [3.8, 4) is 0 Å². The number of unbranched alkanes of at least 4 members (excludes halogenated alkanes) is 33. The van der Waals surface area contributed by atoms with E-state index >= 15 is 0 Å². The highest BCUT2D eigenvalue weighted by Crippen LogP contribution is 2.17. The zero-order valence-electron chi connectivity index (χ0n) is 44.1. The molecule has 66 heavy (non-hydrogen) atoms. The van der Waals surface area contributed by atoms with E-state index in [0.717, 1.165) is 44.9 Å². The summed E-state index contributed by atoms with van der Waals surface area (Å²) in [6.45, 7) is 4.86. The van der Waals surface area contributed by atoms with Gasteiger partial charge in [0.25, 0.3) is 6.29 Å². The maximum atomic E-state index is 12.8. The summed E-state index contributed by atoms with van der Waals surface area (Å²) in [6, 6.07) is 0. The second kappa shape index (κ2) is 49.2. The van der Waals surface area contributed by atoms with E-state index in [9.17, 15) is 19.5 Å². The molecular formula is C57H108NO8+. The van der Waals surface area contributed by atoms with Gasteiger partial charge in [-0.2, -0.15) is 0 Å². The molecule has 0 saturated carbocycles. The molecule has 9 heteroatoms. The first-order valence-electron chi connectivity index (χ1n) is 28.0. The molecule has 9 nitrogen and oxygen atoms in total. The van der Waals surface area contributed by atoms with Gasteiger partial charge in [-0.05, 0) is 44.9 Å². The normalized spacial score (nSPS) is 12.9. The number of quaternary nitrogens is 1. The van der Waals surface area contributed by atoms with Gasteiger partial charge in [0.15, 0.2) is 6.10 Å². The van der Waals surface area contributed by atoms with Crippen molar-refractivity contribution in [2.45, 2.75) is 277 Å². The van der Waals surface area contributed by atoms with Gasteiger partial charge in [0, 0.05) is 12.8 Å². The zero-order valence-corrected chi connectivity index (χ0v) is 44.1. The second-order valence-corrected chi connectivity index (χ2v) is 20.3. The van der Waals surface area contributed by atoms with Crippen molar-refractivity contribution in [2.75, 3.05) is 47.5 Å². The summed E-state index contributed by atoms with van der Waals surface area (Å²) in [5, 5.41) is 9.64. The molecular weight excluding hydrogens is 827 g/mol. The van der Waals surface area contributed by atoms with Crippen molar-refractivity contribution >= 4 is 17.9 Å². The van der Waals surface area contributed by atoms with E-state index in [0.29, 0.717) is 17.4 Å². The number of carbonyl (C=O) groups excluding carboxylic acids is 2. The number of aliphatic carboxylic acids is 1. The first-order valence-corrected chi connectivity index (χ1v) is 28.0. The summed E-state index contributed by atoms with van der Waals surface area (Å²) in [7, 11) is 5.96. The van der Waals surface area contributed by atoms with E-state index in [1.54, 1.807) is 0 Å². The quantitative estimate of drug-likeness (QED) is 0.0211. The number of carboxylic acid groups (broad SMARTS) is 1. The van der Waals surface area contributed by atoms with Crippen LogP contribution in [0.2, 0.25) is 0 Å². The molecule has 0 aliphatic carbocycles. The fourth-order valence-corrected chi connectivity index (χ4v) is 8.10. The first-order chi connectivity index (χ1) is 32.1. The van der Waals surface area contributed by atoms with Crippen LogP contribution >= 0.6 is 0 Å². The number of rotatable bonds is 52. The van der Waals surface area contributed by atoms with Gasteiger partial charge < -0.3 is 28.5 Å². The summed E-state index contributed by atoms with van der Waals surface area (Å²) in [6.07, 6.45) is 54.4. The Balaban J connectivity index is 3.95. The van der Waals surface area contributed by atoms with Crippen LogP contribution in [0.3, 0.4) is 0 Å². The maximum Gasteiger partial charge on any atom is 0.361 e. The Labute approximate surface area is 407 Å². The molecule has 0 aromatic rings. The summed E-state index contributed by atoms with van der Waals surface area (Å²) >= 11 is 0. The monoisotopic (exact) mass is 935 g/mol. The lowest BCUT2D eigenvalue weighted by Gasteiger charge is -2.25. The predicted octanol–water partition coefficient (Wildman–Crippen LogP) is 16.0. The number of carboxylic acids is 1. The number of hydrogen-bond donors (Lipinski definition) is 1. The molecule has 388 valence electrons. The van der Waals surface area contributed by atoms with Crippen LogP contribution in [-0.2, 0) is 33.3 Å². The molecule has 0 rings (SSSR count). The highest BCUT2D eigenvalue weighted by Gasteiger charge is 2.25. The van der Waals surface area contributed by atoms with Crippen LogP contribution in [0.15, 0.2) is 24.3 Å². The maximum absolute atomic E-state index is 12.8. The van der Waals surface area contributed by atoms with Crippen LogP contribution < -0.4 is 0 Å². The van der Waals surface area contributed by atoms with E-state index < -0.39 is 24.3 Å². The number of likely N-dealkylation sites (N-methyl/N-ethyl adjacent to an activating group) is 1. The van der Waals surface area contributed by atoms with Gasteiger partial charge in [0.2, 0.25) is 0 Å². The van der Waals surface area contributed by atoms with Gasteiger partial charge in [-0.1, -0.05) is 231 Å². The molecule has 0 spiro atoms. The largest absolute Gasteiger partial charge is 0.477 e. The molecule has 0 aliphatic rings. The number of allylic oxidation sites excluding steroid dienone is 4. The zero-order chi connectivity index (χ0) is 48.4. The lowest BCUT2D eigenvalue weighted by atomic mass is 10.0. The number of carbonyl (C=O) groups is 3. The topological polar surface area (TPSA) is 108 Å². The van der Waals surface area contributed by atoms with E-state index in [-0.39, 0.29) is 32.2 Å². The molecule has 2 unspecified atom stereocenters.